The number of aliphatic imine (C=N–C) groups is 1. The molecular weight excluding hydrogens is 425 g/mol. The third kappa shape index (κ3) is 4.39. The average molecular weight is 454 g/mol. The van der Waals surface area contributed by atoms with Crippen molar-refractivity contribution in [1.29, 1.82) is 0 Å². The van der Waals surface area contributed by atoms with Crippen LogP contribution < -0.4 is 15.0 Å². The molecule has 1 saturated heterocycles. The molecule has 1 unspecified atom stereocenters. The summed E-state index contributed by atoms with van der Waals surface area (Å²) in [5.74, 6) is 0.462. The zero-order chi connectivity index (χ0) is 23.0. The minimum Gasteiger partial charge on any atom is -0.494 e. The standard InChI is InChI=1S/C25H28FN3O2S/c1-6-31-18-9-7-17(8-10-18)27-24-28-23(30)22(32-24)12-16-11-19-15(2)14-25(3,4)29(5)21(19)13-20(16)26/h7-13,15H,6,14H2,1-5H3,(H,27,28,30)/b22-12+. The van der Waals surface area contributed by atoms with Crippen LogP contribution in [0.25, 0.3) is 6.08 Å². The number of carbonyl (C=O) groups excluding carboxylic acids is 1. The van der Waals surface area contributed by atoms with Gasteiger partial charge in [-0.05, 0) is 92.9 Å². The molecule has 0 saturated carbocycles. The number of nitrogens with one attached hydrogen (secondary N) is 1. The lowest BCUT2D eigenvalue weighted by molar-refractivity contribution is -0.115. The smallest absolute Gasteiger partial charge is 0.264 e. The van der Waals surface area contributed by atoms with Gasteiger partial charge in [-0.2, -0.15) is 0 Å². The molecule has 5 nitrogen and oxygen atoms in total. The molecule has 2 aliphatic heterocycles. The monoisotopic (exact) mass is 453 g/mol. The van der Waals surface area contributed by atoms with Crippen LogP contribution in [-0.2, 0) is 4.79 Å². The van der Waals surface area contributed by atoms with Crippen LogP contribution in [0.1, 0.15) is 51.2 Å². The number of hydrogen-bond donors (Lipinski definition) is 1. The largest absolute Gasteiger partial charge is 0.494 e. The summed E-state index contributed by atoms with van der Waals surface area (Å²) in [4.78, 5) is 19.5. The molecule has 1 N–H and O–H groups in total. The first-order valence-electron chi connectivity index (χ1n) is 10.8. The number of hydrogen-bond acceptors (Lipinski definition) is 5. The zero-order valence-electron chi connectivity index (χ0n) is 19.0. The minimum atomic E-state index is -0.335. The van der Waals surface area contributed by atoms with Gasteiger partial charge in [0.05, 0.1) is 17.2 Å². The van der Waals surface area contributed by atoms with E-state index in [1.165, 1.54) is 11.8 Å². The fraction of sp³-hybridized carbons (Fsp3) is 0.360. The van der Waals surface area contributed by atoms with Gasteiger partial charge in [-0.3, -0.25) is 4.79 Å². The van der Waals surface area contributed by atoms with Crippen molar-refractivity contribution in [2.45, 2.75) is 45.6 Å². The van der Waals surface area contributed by atoms with Crippen molar-refractivity contribution in [2.75, 3.05) is 18.6 Å². The first-order chi connectivity index (χ1) is 15.2. The van der Waals surface area contributed by atoms with Crippen molar-refractivity contribution >= 4 is 40.3 Å². The normalized spacial score (nSPS) is 22.2. The zero-order valence-corrected chi connectivity index (χ0v) is 19.8. The second-order valence-electron chi connectivity index (χ2n) is 8.82. The highest BCUT2D eigenvalue weighted by molar-refractivity contribution is 8.18. The Labute approximate surface area is 192 Å². The molecule has 0 aromatic heterocycles. The second kappa shape index (κ2) is 8.62. The SMILES string of the molecule is CCOc1ccc(N=C2NC(=O)/C(=C\c3cc4c(cc3F)N(C)C(C)(C)CC4C)S2)cc1. The Kier molecular flexibility index (Phi) is 6.03. The highest BCUT2D eigenvalue weighted by Crippen LogP contribution is 2.43. The Balaban J connectivity index is 1.59. The van der Waals surface area contributed by atoms with Gasteiger partial charge in [0.15, 0.2) is 5.17 Å². The Morgan fingerprint density at radius 3 is 2.72 bits per heavy atom. The number of anilines is 1. The van der Waals surface area contributed by atoms with Crippen LogP contribution in [0.5, 0.6) is 5.75 Å². The van der Waals surface area contributed by atoms with E-state index < -0.39 is 0 Å². The van der Waals surface area contributed by atoms with Gasteiger partial charge in [0.25, 0.3) is 5.91 Å². The highest BCUT2D eigenvalue weighted by atomic mass is 32.2. The molecule has 7 heteroatoms. The Morgan fingerprint density at radius 1 is 1.31 bits per heavy atom. The topological polar surface area (TPSA) is 53.9 Å². The Hall–Kier alpha value is -2.80. The number of nitrogens with zero attached hydrogens (tertiary/aromatic N) is 2. The Bertz CT molecular complexity index is 1110. The van der Waals surface area contributed by atoms with E-state index >= 15 is 4.39 Å². The summed E-state index contributed by atoms with van der Waals surface area (Å²) in [7, 11) is 2.01. The van der Waals surface area contributed by atoms with Gasteiger partial charge in [0, 0.05) is 23.8 Å². The number of amides is 1. The number of amidine groups is 1. The molecule has 2 aromatic rings. The van der Waals surface area contributed by atoms with Gasteiger partial charge >= 0.3 is 0 Å². The van der Waals surface area contributed by atoms with Crippen LogP contribution in [0.4, 0.5) is 15.8 Å². The van der Waals surface area contributed by atoms with Crippen molar-refractivity contribution in [3.05, 3.63) is 58.2 Å². The molecule has 0 aliphatic carbocycles. The summed E-state index contributed by atoms with van der Waals surface area (Å²) in [6.45, 7) is 9.04. The number of halogens is 1. The van der Waals surface area contributed by atoms with Crippen LogP contribution in [0, 0.1) is 5.82 Å². The highest BCUT2D eigenvalue weighted by Gasteiger charge is 2.35. The van der Waals surface area contributed by atoms with E-state index in [4.69, 9.17) is 4.74 Å². The maximum absolute atomic E-state index is 15.0. The van der Waals surface area contributed by atoms with Gasteiger partial charge in [0.2, 0.25) is 0 Å². The molecular formula is C25H28FN3O2S. The summed E-state index contributed by atoms with van der Waals surface area (Å²) in [6, 6.07) is 10.8. The average Bonchev–Trinajstić information content (AvgIpc) is 3.07. The number of fused-ring (bicyclic) bond motifs is 1. The quantitative estimate of drug-likeness (QED) is 0.591. The Morgan fingerprint density at radius 2 is 2.03 bits per heavy atom. The van der Waals surface area contributed by atoms with Gasteiger partial charge in [-0.1, -0.05) is 6.92 Å². The summed E-state index contributed by atoms with van der Waals surface area (Å²) < 4.78 is 20.4. The third-order valence-corrected chi connectivity index (χ3v) is 6.98. The second-order valence-corrected chi connectivity index (χ2v) is 9.85. The van der Waals surface area contributed by atoms with Crippen LogP contribution >= 0.6 is 11.8 Å². The van der Waals surface area contributed by atoms with E-state index in [2.05, 4.69) is 36.0 Å². The van der Waals surface area contributed by atoms with Gasteiger partial charge in [-0.15, -0.1) is 0 Å². The van der Waals surface area contributed by atoms with Crippen LogP contribution in [0.15, 0.2) is 46.3 Å². The number of benzene rings is 2. The van der Waals surface area contributed by atoms with Crippen molar-refractivity contribution in [3.63, 3.8) is 0 Å². The maximum atomic E-state index is 15.0. The molecule has 0 bridgehead atoms. The lowest BCUT2D eigenvalue weighted by Gasteiger charge is -2.45. The number of carbonyl (C=O) groups is 1. The molecule has 1 fully saturated rings. The van der Waals surface area contributed by atoms with E-state index in [9.17, 15) is 4.79 Å². The van der Waals surface area contributed by atoms with Crippen LogP contribution in [0.2, 0.25) is 0 Å². The molecule has 0 radical (unpaired) electrons. The molecule has 2 aliphatic rings. The van der Waals surface area contributed by atoms with E-state index in [0.717, 1.165) is 23.4 Å². The molecule has 0 spiro atoms. The first-order valence-corrected chi connectivity index (χ1v) is 11.6. The van der Waals surface area contributed by atoms with Crippen molar-refractivity contribution in [3.8, 4) is 5.75 Å². The first kappa shape index (κ1) is 22.4. The van der Waals surface area contributed by atoms with Crippen molar-refractivity contribution in [2.24, 2.45) is 4.99 Å². The molecule has 1 atom stereocenters. The maximum Gasteiger partial charge on any atom is 0.264 e. The van der Waals surface area contributed by atoms with Gasteiger partial charge in [0.1, 0.15) is 11.6 Å². The number of ether oxygens (including phenoxy) is 1. The predicted octanol–water partition coefficient (Wildman–Crippen LogP) is 5.84. The summed E-state index contributed by atoms with van der Waals surface area (Å²) in [6.07, 6.45) is 2.59. The van der Waals surface area contributed by atoms with E-state index in [-0.39, 0.29) is 17.3 Å². The fourth-order valence-corrected chi connectivity index (χ4v) is 5.07. The summed E-state index contributed by atoms with van der Waals surface area (Å²) >= 11 is 1.21. The number of rotatable bonds is 4. The molecule has 2 heterocycles. The molecule has 4 rings (SSSR count). The van der Waals surface area contributed by atoms with Crippen LogP contribution in [-0.4, -0.2) is 30.3 Å². The molecule has 1 amide bonds. The summed E-state index contributed by atoms with van der Waals surface area (Å²) in [5.41, 5.74) is 3.11. The van der Waals surface area contributed by atoms with E-state index in [1.807, 2.05) is 44.3 Å². The van der Waals surface area contributed by atoms with Gasteiger partial charge in [-0.25, -0.2) is 9.38 Å². The third-order valence-electron chi connectivity index (χ3n) is 6.07. The lowest BCUT2D eigenvalue weighted by Crippen LogP contribution is -2.45. The lowest BCUT2D eigenvalue weighted by atomic mass is 9.80. The summed E-state index contributed by atoms with van der Waals surface area (Å²) in [5, 5.41) is 3.24. The molecule has 32 heavy (non-hydrogen) atoms. The van der Waals surface area contributed by atoms with Crippen molar-refractivity contribution < 1.29 is 13.9 Å². The minimum absolute atomic E-state index is 0.0355. The van der Waals surface area contributed by atoms with Crippen LogP contribution in [0.3, 0.4) is 0 Å². The number of thioether (sulfide) groups is 1. The van der Waals surface area contributed by atoms with Gasteiger partial charge < -0.3 is 15.0 Å². The van der Waals surface area contributed by atoms with E-state index in [0.29, 0.717) is 33.8 Å². The fourth-order valence-electron chi connectivity index (χ4n) is 4.24. The van der Waals surface area contributed by atoms with Crippen molar-refractivity contribution in [1.82, 2.24) is 5.32 Å². The van der Waals surface area contributed by atoms with E-state index in [1.54, 1.807) is 12.1 Å². The molecule has 2 aromatic carbocycles. The molecule has 168 valence electrons. The predicted molar refractivity (Wildman–Crippen MR) is 130 cm³/mol.